The van der Waals surface area contributed by atoms with Crippen molar-refractivity contribution in [1.82, 2.24) is 15.0 Å². The summed E-state index contributed by atoms with van der Waals surface area (Å²) in [5, 5.41) is 0. The van der Waals surface area contributed by atoms with Gasteiger partial charge in [0.2, 0.25) is 0 Å². The number of hydrogen-bond donors (Lipinski definition) is 1. The highest BCUT2D eigenvalue weighted by atomic mass is 16.5. The Labute approximate surface area is 205 Å². The summed E-state index contributed by atoms with van der Waals surface area (Å²) in [5.74, 6) is 2.53. The van der Waals surface area contributed by atoms with Gasteiger partial charge in [0.15, 0.2) is 18.0 Å². The van der Waals surface area contributed by atoms with Gasteiger partial charge in [0.1, 0.15) is 18.2 Å². The predicted molar refractivity (Wildman–Crippen MR) is 139 cm³/mol. The molecule has 3 heterocycles. The molecule has 3 aromatic heterocycles. The zero-order valence-corrected chi connectivity index (χ0v) is 22.0. The molecule has 0 aliphatic heterocycles. The molecular weight excluding hydrogens is 428 g/mol. The third-order valence-corrected chi connectivity index (χ3v) is 4.87. The minimum Gasteiger partial charge on any atom is -0.499 e. The number of rotatable bonds is 9. The van der Waals surface area contributed by atoms with Crippen molar-refractivity contribution in [2.24, 2.45) is 11.7 Å². The van der Waals surface area contributed by atoms with Crippen LogP contribution in [0.4, 0.5) is 0 Å². The van der Waals surface area contributed by atoms with E-state index in [1.165, 1.54) is 19.2 Å². The van der Waals surface area contributed by atoms with Crippen LogP contribution in [0.15, 0.2) is 70.2 Å². The van der Waals surface area contributed by atoms with Crippen LogP contribution in [-0.4, -0.2) is 21.6 Å². The van der Waals surface area contributed by atoms with Crippen molar-refractivity contribution in [3.05, 3.63) is 67.3 Å². The van der Waals surface area contributed by atoms with E-state index in [0.29, 0.717) is 23.3 Å². The van der Waals surface area contributed by atoms with Gasteiger partial charge in [-0.05, 0) is 37.8 Å². The number of nitrogens with zero attached hydrogens (tertiary/aromatic N) is 3. The second kappa shape index (κ2) is 20.5. The Bertz CT molecular complexity index is 794. The lowest BCUT2D eigenvalue weighted by molar-refractivity contribution is 0.186. The molecule has 0 aliphatic rings. The van der Waals surface area contributed by atoms with Crippen LogP contribution < -0.4 is 5.73 Å². The van der Waals surface area contributed by atoms with Crippen LogP contribution in [0.2, 0.25) is 0 Å². The summed E-state index contributed by atoms with van der Waals surface area (Å²) in [4.78, 5) is 12.1. The quantitative estimate of drug-likeness (QED) is 0.320. The Balaban J connectivity index is 0.000000502. The molecule has 0 saturated carbocycles. The van der Waals surface area contributed by atoms with Gasteiger partial charge in [-0.1, -0.05) is 60.5 Å². The summed E-state index contributed by atoms with van der Waals surface area (Å²) in [6.07, 6.45) is 14.2. The zero-order valence-electron chi connectivity index (χ0n) is 22.0. The third kappa shape index (κ3) is 13.5. The van der Waals surface area contributed by atoms with Gasteiger partial charge in [-0.25, -0.2) is 9.97 Å². The van der Waals surface area contributed by atoms with Gasteiger partial charge in [-0.15, -0.1) is 0 Å². The van der Waals surface area contributed by atoms with Crippen molar-refractivity contribution in [3.8, 4) is 11.5 Å². The van der Waals surface area contributed by atoms with Gasteiger partial charge in [0.25, 0.3) is 0 Å². The number of hydrogen-bond acceptors (Lipinski definition) is 7. The summed E-state index contributed by atoms with van der Waals surface area (Å²) in [7, 11) is 0. The molecule has 0 fully saturated rings. The zero-order chi connectivity index (χ0) is 25.6. The molecule has 190 valence electrons. The molecule has 0 unspecified atom stereocenters. The average Bonchev–Trinajstić information content (AvgIpc) is 3.58. The first-order valence-corrected chi connectivity index (χ1v) is 12.3. The highest BCUT2D eigenvalue weighted by molar-refractivity contribution is 5.47. The largest absolute Gasteiger partial charge is 0.499 e. The van der Waals surface area contributed by atoms with Crippen LogP contribution in [-0.2, 0) is 4.74 Å². The number of aromatic nitrogens is 3. The second-order valence-electron chi connectivity index (χ2n) is 7.35. The van der Waals surface area contributed by atoms with Crippen molar-refractivity contribution in [1.29, 1.82) is 0 Å². The van der Waals surface area contributed by atoms with Gasteiger partial charge in [0.05, 0.1) is 12.8 Å². The minimum atomic E-state index is 0.394. The normalized spacial score (nSPS) is 10.4. The van der Waals surface area contributed by atoms with Crippen LogP contribution in [0.3, 0.4) is 0 Å². The molecule has 0 spiro atoms. The molecule has 0 aliphatic carbocycles. The van der Waals surface area contributed by atoms with E-state index in [0.717, 1.165) is 31.0 Å². The SMILES string of the molecule is CC.CCC(CC)CO/C=C(/C)N.CCC(CC)c1ncc(-c2cocn2)o1.c1ccncc1. The first-order chi connectivity index (χ1) is 16.5. The number of ether oxygens (including phenoxy) is 1. The Hall–Kier alpha value is -3.09. The maximum atomic E-state index is 5.64. The van der Waals surface area contributed by atoms with Gasteiger partial charge in [-0.3, -0.25) is 4.98 Å². The van der Waals surface area contributed by atoms with E-state index < -0.39 is 0 Å². The van der Waals surface area contributed by atoms with Crippen LogP contribution in [0, 0.1) is 5.92 Å². The molecule has 7 nitrogen and oxygen atoms in total. The monoisotopic (exact) mass is 472 g/mol. The Morgan fingerprint density at radius 1 is 1.00 bits per heavy atom. The van der Waals surface area contributed by atoms with Gasteiger partial charge < -0.3 is 19.3 Å². The summed E-state index contributed by atoms with van der Waals surface area (Å²) in [6.45, 7) is 15.2. The molecule has 3 rings (SSSR count). The lowest BCUT2D eigenvalue weighted by Crippen LogP contribution is -2.05. The molecule has 0 atom stereocenters. The van der Waals surface area contributed by atoms with Crippen molar-refractivity contribution < 1.29 is 13.6 Å². The lowest BCUT2D eigenvalue weighted by atomic mass is 10.0. The van der Waals surface area contributed by atoms with E-state index in [1.807, 2.05) is 39.0 Å². The van der Waals surface area contributed by atoms with E-state index in [1.54, 1.807) is 31.1 Å². The molecule has 3 aromatic rings. The number of nitrogens with two attached hydrogens (primary N) is 1. The smallest absolute Gasteiger partial charge is 0.198 e. The molecule has 0 bridgehead atoms. The van der Waals surface area contributed by atoms with E-state index in [9.17, 15) is 0 Å². The van der Waals surface area contributed by atoms with E-state index >= 15 is 0 Å². The average molecular weight is 473 g/mol. The van der Waals surface area contributed by atoms with E-state index in [2.05, 4.69) is 42.6 Å². The van der Waals surface area contributed by atoms with Crippen molar-refractivity contribution in [2.75, 3.05) is 6.61 Å². The topological polar surface area (TPSA) is 100 Å². The van der Waals surface area contributed by atoms with Crippen molar-refractivity contribution in [2.45, 2.75) is 80.1 Å². The predicted octanol–water partition coefficient (Wildman–Crippen LogP) is 7.60. The number of allylic oxidation sites excluding steroid dienone is 1. The minimum absolute atomic E-state index is 0.394. The van der Waals surface area contributed by atoms with Crippen LogP contribution in [0.1, 0.15) is 86.0 Å². The molecular formula is C27H44N4O3. The fraction of sp³-hybridized carbons (Fsp3) is 0.519. The van der Waals surface area contributed by atoms with Gasteiger partial charge in [-0.2, -0.15) is 0 Å². The molecule has 0 radical (unpaired) electrons. The highest BCUT2D eigenvalue weighted by Crippen LogP contribution is 2.26. The maximum Gasteiger partial charge on any atom is 0.198 e. The Morgan fingerprint density at radius 3 is 2.06 bits per heavy atom. The Kier molecular flexibility index (Phi) is 18.6. The molecule has 7 heteroatoms. The molecule has 0 aromatic carbocycles. The standard InChI is InChI=1S/C11H14N2O2.C9H19NO.C5H5N.C2H6/c1-3-8(4-2)11-12-5-10(15-11)9-6-14-7-13-9;1-4-9(5-2)7-11-6-8(3)10;1-2-4-6-5-3-1;1-2/h5-8H,3-4H2,1-2H3;6,9H,4-5,7,10H2,1-3H3;1-5H;1-2H3/b;8-6-;;. The Morgan fingerprint density at radius 2 is 1.65 bits per heavy atom. The summed E-state index contributed by atoms with van der Waals surface area (Å²) in [5.41, 5.74) is 6.82. The second-order valence-corrected chi connectivity index (χ2v) is 7.35. The number of pyridine rings is 1. The van der Waals surface area contributed by atoms with Crippen LogP contribution in [0.25, 0.3) is 11.5 Å². The molecule has 2 N–H and O–H groups in total. The maximum absolute atomic E-state index is 5.64. The van der Waals surface area contributed by atoms with E-state index in [4.69, 9.17) is 19.3 Å². The highest BCUT2D eigenvalue weighted by Gasteiger charge is 2.15. The fourth-order valence-electron chi connectivity index (χ4n) is 2.72. The van der Waals surface area contributed by atoms with Gasteiger partial charge in [0, 0.05) is 24.0 Å². The fourth-order valence-corrected chi connectivity index (χ4v) is 2.72. The third-order valence-electron chi connectivity index (χ3n) is 4.87. The van der Waals surface area contributed by atoms with E-state index in [-0.39, 0.29) is 0 Å². The van der Waals surface area contributed by atoms with Crippen molar-refractivity contribution >= 4 is 0 Å². The molecule has 0 amide bonds. The van der Waals surface area contributed by atoms with Gasteiger partial charge >= 0.3 is 0 Å². The molecule has 0 saturated heterocycles. The first kappa shape index (κ1) is 30.9. The van der Waals surface area contributed by atoms with Crippen LogP contribution in [0.5, 0.6) is 0 Å². The molecule has 34 heavy (non-hydrogen) atoms. The van der Waals surface area contributed by atoms with Crippen molar-refractivity contribution in [3.63, 3.8) is 0 Å². The van der Waals surface area contributed by atoms with Crippen LogP contribution >= 0.6 is 0 Å². The number of oxazole rings is 2. The summed E-state index contributed by atoms with van der Waals surface area (Å²) < 4.78 is 15.8. The summed E-state index contributed by atoms with van der Waals surface area (Å²) >= 11 is 0. The first-order valence-electron chi connectivity index (χ1n) is 12.3. The lowest BCUT2D eigenvalue weighted by Gasteiger charge is -2.10. The summed E-state index contributed by atoms with van der Waals surface area (Å²) in [6, 6.07) is 5.72.